The van der Waals surface area contributed by atoms with Gasteiger partial charge in [0.25, 0.3) is 0 Å². The van der Waals surface area contributed by atoms with Gasteiger partial charge < -0.3 is 16.2 Å². The molecule has 1 aliphatic heterocycles. The lowest BCUT2D eigenvalue weighted by molar-refractivity contribution is 0.357. The molecular weight excluding hydrogens is 200 g/mol. The molecule has 3 heteroatoms. The molecule has 2 rings (SSSR count). The second-order valence-corrected chi connectivity index (χ2v) is 4.36. The first-order chi connectivity index (χ1) is 7.81. The maximum atomic E-state index is 6.15. The molecule has 0 saturated carbocycles. The number of benzene rings is 1. The maximum absolute atomic E-state index is 6.15. The first-order valence-corrected chi connectivity index (χ1v) is 6.02. The summed E-state index contributed by atoms with van der Waals surface area (Å²) in [4.78, 5) is 0. The number of ether oxygens (including phenoxy) is 1. The van der Waals surface area contributed by atoms with Crippen molar-refractivity contribution in [3.05, 3.63) is 29.3 Å². The fraction of sp³-hybridized carbons (Fsp3) is 0.538. The van der Waals surface area contributed by atoms with Gasteiger partial charge in [0.15, 0.2) is 0 Å². The number of fused-ring (bicyclic) bond motifs is 1. The molecule has 1 aliphatic rings. The largest absolute Gasteiger partial charge is 0.493 e. The molecular formula is C13H20N2O. The van der Waals surface area contributed by atoms with E-state index in [1.807, 2.05) is 6.07 Å². The second-order valence-electron chi connectivity index (χ2n) is 4.36. The Morgan fingerprint density at radius 2 is 2.19 bits per heavy atom. The number of hydrogen-bond acceptors (Lipinski definition) is 3. The maximum Gasteiger partial charge on any atom is 0.122 e. The molecule has 4 N–H and O–H groups in total. The Balaban J connectivity index is 1.98. The van der Waals surface area contributed by atoms with Gasteiger partial charge in [-0.1, -0.05) is 18.6 Å². The second kappa shape index (κ2) is 5.32. The molecule has 0 aliphatic carbocycles. The predicted octanol–water partition coefficient (Wildman–Crippen LogP) is 1.75. The zero-order valence-corrected chi connectivity index (χ0v) is 9.61. The standard InChI is InChI=1S/C13H20N2O/c14-7-2-1-3-12(15)10-4-5-13-11(9-10)6-8-16-13/h4-5,9,12H,1-3,6-8,14-15H2/t12-/m0/s1. The van der Waals surface area contributed by atoms with Crippen molar-refractivity contribution in [1.82, 2.24) is 0 Å². The van der Waals surface area contributed by atoms with Gasteiger partial charge in [0.1, 0.15) is 5.75 Å². The molecule has 0 fully saturated rings. The van der Waals surface area contributed by atoms with Crippen molar-refractivity contribution < 1.29 is 4.74 Å². The van der Waals surface area contributed by atoms with Gasteiger partial charge in [-0.05, 0) is 36.6 Å². The molecule has 0 radical (unpaired) electrons. The van der Waals surface area contributed by atoms with Crippen molar-refractivity contribution in [2.75, 3.05) is 13.2 Å². The summed E-state index contributed by atoms with van der Waals surface area (Å²) in [5, 5.41) is 0. The fourth-order valence-electron chi connectivity index (χ4n) is 2.11. The summed E-state index contributed by atoms with van der Waals surface area (Å²) in [6.45, 7) is 1.56. The molecule has 3 nitrogen and oxygen atoms in total. The van der Waals surface area contributed by atoms with E-state index in [4.69, 9.17) is 16.2 Å². The lowest BCUT2D eigenvalue weighted by Gasteiger charge is -2.12. The average molecular weight is 220 g/mol. The molecule has 0 spiro atoms. The van der Waals surface area contributed by atoms with Gasteiger partial charge in [-0.15, -0.1) is 0 Å². The highest BCUT2D eigenvalue weighted by Gasteiger charge is 2.14. The minimum atomic E-state index is 0.137. The van der Waals surface area contributed by atoms with E-state index >= 15 is 0 Å². The van der Waals surface area contributed by atoms with Crippen LogP contribution in [-0.4, -0.2) is 13.2 Å². The minimum Gasteiger partial charge on any atom is -0.493 e. The van der Waals surface area contributed by atoms with Crippen LogP contribution in [0.3, 0.4) is 0 Å². The normalized spacial score (nSPS) is 15.6. The Bertz CT molecular complexity index is 352. The predicted molar refractivity (Wildman–Crippen MR) is 65.5 cm³/mol. The fourth-order valence-corrected chi connectivity index (χ4v) is 2.11. The van der Waals surface area contributed by atoms with E-state index in [-0.39, 0.29) is 6.04 Å². The molecule has 0 bridgehead atoms. The Kier molecular flexibility index (Phi) is 3.80. The van der Waals surface area contributed by atoms with Crippen molar-refractivity contribution in [2.24, 2.45) is 11.5 Å². The topological polar surface area (TPSA) is 61.3 Å². The Labute approximate surface area is 96.8 Å². The third-order valence-corrected chi connectivity index (χ3v) is 3.11. The highest BCUT2D eigenvalue weighted by Crippen LogP contribution is 2.28. The van der Waals surface area contributed by atoms with E-state index in [2.05, 4.69) is 12.1 Å². The third kappa shape index (κ3) is 2.54. The van der Waals surface area contributed by atoms with E-state index in [1.54, 1.807) is 0 Å². The van der Waals surface area contributed by atoms with Crippen LogP contribution in [-0.2, 0) is 6.42 Å². The smallest absolute Gasteiger partial charge is 0.122 e. The monoisotopic (exact) mass is 220 g/mol. The average Bonchev–Trinajstić information content (AvgIpc) is 2.76. The van der Waals surface area contributed by atoms with Crippen molar-refractivity contribution >= 4 is 0 Å². The van der Waals surface area contributed by atoms with Crippen molar-refractivity contribution in [2.45, 2.75) is 31.7 Å². The van der Waals surface area contributed by atoms with Crippen LogP contribution in [0.25, 0.3) is 0 Å². The van der Waals surface area contributed by atoms with Gasteiger partial charge in [-0.2, -0.15) is 0 Å². The Hall–Kier alpha value is -1.06. The van der Waals surface area contributed by atoms with E-state index in [9.17, 15) is 0 Å². The van der Waals surface area contributed by atoms with Gasteiger partial charge in [0, 0.05) is 12.5 Å². The Morgan fingerprint density at radius 1 is 1.31 bits per heavy atom. The van der Waals surface area contributed by atoms with Crippen molar-refractivity contribution in [1.29, 1.82) is 0 Å². The molecule has 1 atom stereocenters. The molecule has 88 valence electrons. The van der Waals surface area contributed by atoms with Crippen LogP contribution in [0.4, 0.5) is 0 Å². The summed E-state index contributed by atoms with van der Waals surface area (Å²) in [7, 11) is 0. The highest BCUT2D eigenvalue weighted by molar-refractivity contribution is 5.40. The van der Waals surface area contributed by atoms with E-state index in [1.165, 1.54) is 11.1 Å². The Morgan fingerprint density at radius 3 is 3.00 bits per heavy atom. The summed E-state index contributed by atoms with van der Waals surface area (Å²) in [6.07, 6.45) is 4.18. The molecule has 1 aromatic carbocycles. The molecule has 0 amide bonds. The number of rotatable bonds is 5. The molecule has 0 unspecified atom stereocenters. The van der Waals surface area contributed by atoms with Crippen LogP contribution in [0.2, 0.25) is 0 Å². The van der Waals surface area contributed by atoms with Crippen LogP contribution < -0.4 is 16.2 Å². The van der Waals surface area contributed by atoms with Crippen LogP contribution in [0.5, 0.6) is 5.75 Å². The molecule has 0 aromatic heterocycles. The highest BCUT2D eigenvalue weighted by atomic mass is 16.5. The lowest BCUT2D eigenvalue weighted by Crippen LogP contribution is -2.11. The summed E-state index contributed by atoms with van der Waals surface area (Å²) in [6, 6.07) is 6.45. The van der Waals surface area contributed by atoms with Crippen molar-refractivity contribution in [3.8, 4) is 5.75 Å². The minimum absolute atomic E-state index is 0.137. The zero-order chi connectivity index (χ0) is 11.4. The van der Waals surface area contributed by atoms with Crippen LogP contribution in [0, 0.1) is 0 Å². The van der Waals surface area contributed by atoms with Gasteiger partial charge >= 0.3 is 0 Å². The summed E-state index contributed by atoms with van der Waals surface area (Å²) in [5.74, 6) is 1.03. The quantitative estimate of drug-likeness (QED) is 0.743. The zero-order valence-electron chi connectivity index (χ0n) is 9.61. The van der Waals surface area contributed by atoms with E-state index in [0.29, 0.717) is 0 Å². The van der Waals surface area contributed by atoms with Crippen molar-refractivity contribution in [3.63, 3.8) is 0 Å². The van der Waals surface area contributed by atoms with Crippen LogP contribution >= 0.6 is 0 Å². The molecule has 1 aromatic rings. The molecule has 0 saturated heterocycles. The first kappa shape index (κ1) is 11.4. The van der Waals surface area contributed by atoms with E-state index in [0.717, 1.165) is 44.6 Å². The summed E-state index contributed by atoms with van der Waals surface area (Å²) in [5.41, 5.74) is 14.1. The molecule has 1 heterocycles. The number of hydrogen-bond donors (Lipinski definition) is 2. The number of nitrogens with two attached hydrogens (primary N) is 2. The summed E-state index contributed by atoms with van der Waals surface area (Å²) >= 11 is 0. The van der Waals surface area contributed by atoms with Gasteiger partial charge in [0.05, 0.1) is 6.61 Å². The first-order valence-electron chi connectivity index (χ1n) is 6.02. The van der Waals surface area contributed by atoms with E-state index < -0.39 is 0 Å². The SMILES string of the molecule is NCCCC[C@H](N)c1ccc2c(c1)CCO2. The van der Waals surface area contributed by atoms with Crippen LogP contribution in [0.15, 0.2) is 18.2 Å². The van der Waals surface area contributed by atoms with Gasteiger partial charge in [-0.25, -0.2) is 0 Å². The van der Waals surface area contributed by atoms with Gasteiger partial charge in [-0.3, -0.25) is 0 Å². The summed E-state index contributed by atoms with van der Waals surface area (Å²) < 4.78 is 5.47. The number of unbranched alkanes of at least 4 members (excludes halogenated alkanes) is 1. The molecule has 16 heavy (non-hydrogen) atoms. The van der Waals surface area contributed by atoms with Gasteiger partial charge in [0.2, 0.25) is 0 Å². The van der Waals surface area contributed by atoms with Crippen LogP contribution in [0.1, 0.15) is 36.4 Å². The lowest BCUT2D eigenvalue weighted by atomic mass is 9.99. The third-order valence-electron chi connectivity index (χ3n) is 3.11.